The van der Waals surface area contributed by atoms with Crippen LogP contribution in [0.2, 0.25) is 18.1 Å². The predicted octanol–water partition coefficient (Wildman–Crippen LogP) is 8.35. The Kier molecular flexibility index (Phi) is 13.5. The number of ether oxygens (including phenoxy) is 6. The molecule has 274 valence electrons. The highest BCUT2D eigenvalue weighted by Crippen LogP contribution is 2.44. The molecule has 0 radical (unpaired) electrons. The van der Waals surface area contributed by atoms with Crippen LogP contribution in [0.4, 0.5) is 4.39 Å². The number of aliphatic hydroxyl groups is 1. The van der Waals surface area contributed by atoms with Gasteiger partial charge in [0.1, 0.15) is 5.82 Å². The third-order valence-corrected chi connectivity index (χ3v) is 14.8. The summed E-state index contributed by atoms with van der Waals surface area (Å²) >= 11 is 0. The molecule has 1 N–H and O–H groups in total. The summed E-state index contributed by atoms with van der Waals surface area (Å²) in [5, 5.41) is 10.1. The Morgan fingerprint density at radius 1 is 0.820 bits per heavy atom. The molecule has 5 rings (SSSR count). The highest BCUT2D eigenvalue weighted by Gasteiger charge is 2.41. The second-order valence-corrected chi connectivity index (χ2v) is 19.3. The van der Waals surface area contributed by atoms with Crippen LogP contribution in [0.3, 0.4) is 0 Å². The number of hydrogen-bond donors (Lipinski definition) is 1. The van der Waals surface area contributed by atoms with Gasteiger partial charge in [-0.1, -0.05) is 51.6 Å². The molecular formula is C40H55FO8Si. The Labute approximate surface area is 298 Å². The minimum atomic E-state index is -1.81. The molecule has 2 heterocycles. The summed E-state index contributed by atoms with van der Waals surface area (Å²) in [7, 11) is 4.66. The first kappa shape index (κ1) is 39.4. The van der Waals surface area contributed by atoms with Crippen molar-refractivity contribution in [3.8, 4) is 23.0 Å². The van der Waals surface area contributed by atoms with Gasteiger partial charge in [-0.15, -0.1) is 0 Å². The SMILES string of the molecule is C=C1CO[C@H](c2ccc(OC)c(OC)c2)[C@H]1CO[Si](C)(C)C(C)(C)C.COc1ccc([C@H]2OC[C@H](Cc3cccc(F)c3)[C@@H]2CO)cc1OC. The second kappa shape index (κ2) is 17.2. The van der Waals surface area contributed by atoms with Crippen LogP contribution in [-0.4, -0.2) is 68.3 Å². The Morgan fingerprint density at radius 3 is 1.92 bits per heavy atom. The number of hydrogen-bond acceptors (Lipinski definition) is 8. The maximum Gasteiger partial charge on any atom is 0.192 e. The summed E-state index contributed by atoms with van der Waals surface area (Å²) in [6.45, 7) is 17.3. The van der Waals surface area contributed by atoms with Gasteiger partial charge in [0.25, 0.3) is 0 Å². The molecule has 0 amide bonds. The van der Waals surface area contributed by atoms with E-state index < -0.39 is 8.32 Å². The van der Waals surface area contributed by atoms with Crippen LogP contribution in [-0.2, 0) is 20.3 Å². The van der Waals surface area contributed by atoms with E-state index in [1.807, 2.05) is 42.5 Å². The molecule has 0 saturated carbocycles. The summed E-state index contributed by atoms with van der Waals surface area (Å²) < 4.78 is 53.2. The van der Waals surface area contributed by atoms with Crippen LogP contribution >= 0.6 is 0 Å². The first-order valence-corrected chi connectivity index (χ1v) is 20.0. The standard InChI is InChI=1S/C20H23FO4.C20H32O4Si/c1-23-18-7-6-14(10-19(18)24-2)20-17(11-22)15(12-25-20)8-13-4-3-5-16(21)9-13;1-14-12-23-19(15-9-10-17(21-5)18(11-15)22-6)16(14)13-24-25(7,8)20(2,3)4/h3-7,9-10,15,17,20,22H,8,11-12H2,1-2H3;9-11,16,19H,1,12-13H2,2-8H3/t15-,17-,20+;16-,19+/m00/s1. The molecule has 0 aromatic heterocycles. The van der Waals surface area contributed by atoms with Gasteiger partial charge in [0, 0.05) is 25.0 Å². The summed E-state index contributed by atoms with van der Waals surface area (Å²) in [4.78, 5) is 0. The van der Waals surface area contributed by atoms with E-state index >= 15 is 0 Å². The topological polar surface area (TPSA) is 84.8 Å². The van der Waals surface area contributed by atoms with Crippen LogP contribution in [0.5, 0.6) is 23.0 Å². The van der Waals surface area contributed by atoms with E-state index in [-0.39, 0.29) is 47.4 Å². The van der Waals surface area contributed by atoms with Crippen LogP contribution < -0.4 is 18.9 Å². The second-order valence-electron chi connectivity index (χ2n) is 14.5. The molecule has 0 aliphatic carbocycles. The van der Waals surface area contributed by atoms with Gasteiger partial charge < -0.3 is 38.0 Å². The summed E-state index contributed by atoms with van der Waals surface area (Å²) in [5.74, 6) is 2.71. The van der Waals surface area contributed by atoms with Crippen LogP contribution in [0.1, 0.15) is 49.7 Å². The zero-order valence-corrected chi connectivity index (χ0v) is 32.1. The molecule has 3 aromatic rings. The normalized spacial score (nSPS) is 22.1. The minimum Gasteiger partial charge on any atom is -0.493 e. The van der Waals surface area contributed by atoms with Gasteiger partial charge in [-0.05, 0) is 89.1 Å². The molecular weight excluding hydrogens is 656 g/mol. The fourth-order valence-electron chi connectivity index (χ4n) is 6.23. The lowest BCUT2D eigenvalue weighted by atomic mass is 9.84. The summed E-state index contributed by atoms with van der Waals surface area (Å²) in [5.41, 5.74) is 4.03. The summed E-state index contributed by atoms with van der Waals surface area (Å²) in [6.07, 6.45) is 0.396. The van der Waals surface area contributed by atoms with E-state index in [2.05, 4.69) is 40.4 Å². The third kappa shape index (κ3) is 9.27. The third-order valence-electron chi connectivity index (χ3n) is 10.3. The van der Waals surface area contributed by atoms with Crippen molar-refractivity contribution >= 4 is 8.32 Å². The van der Waals surface area contributed by atoms with E-state index in [4.69, 9.17) is 32.8 Å². The van der Waals surface area contributed by atoms with Crippen LogP contribution in [0.15, 0.2) is 72.8 Å². The first-order valence-electron chi connectivity index (χ1n) is 17.1. The lowest BCUT2D eigenvalue weighted by Gasteiger charge is -2.37. The van der Waals surface area contributed by atoms with Gasteiger partial charge in [0.15, 0.2) is 31.3 Å². The van der Waals surface area contributed by atoms with Crippen molar-refractivity contribution in [3.63, 3.8) is 0 Å². The molecule has 50 heavy (non-hydrogen) atoms. The van der Waals surface area contributed by atoms with E-state index in [9.17, 15) is 9.50 Å². The van der Waals surface area contributed by atoms with Crippen molar-refractivity contribution in [2.24, 2.45) is 17.8 Å². The zero-order chi connectivity index (χ0) is 36.6. The lowest BCUT2D eigenvalue weighted by Crippen LogP contribution is -2.42. The van der Waals surface area contributed by atoms with Crippen molar-refractivity contribution in [3.05, 3.63) is 95.3 Å². The number of benzene rings is 3. The van der Waals surface area contributed by atoms with Crippen LogP contribution in [0.25, 0.3) is 0 Å². The maximum absolute atomic E-state index is 13.4. The molecule has 2 saturated heterocycles. The number of aliphatic hydroxyl groups excluding tert-OH is 1. The Balaban J connectivity index is 0.000000225. The molecule has 3 aromatic carbocycles. The smallest absolute Gasteiger partial charge is 0.192 e. The van der Waals surface area contributed by atoms with Crippen molar-refractivity contribution in [2.45, 2.75) is 57.5 Å². The van der Waals surface area contributed by atoms with Crippen molar-refractivity contribution < 1.29 is 42.3 Å². The molecule has 2 fully saturated rings. The Bertz CT molecular complexity index is 1570. The average molecular weight is 711 g/mol. The molecule has 10 heteroatoms. The first-order chi connectivity index (χ1) is 23.8. The number of methoxy groups -OCH3 is 4. The summed E-state index contributed by atoms with van der Waals surface area (Å²) in [6, 6.07) is 18.2. The van der Waals surface area contributed by atoms with Gasteiger partial charge in [-0.3, -0.25) is 0 Å². The van der Waals surface area contributed by atoms with Gasteiger partial charge in [-0.25, -0.2) is 4.39 Å². The van der Waals surface area contributed by atoms with Gasteiger partial charge in [0.2, 0.25) is 0 Å². The Morgan fingerprint density at radius 2 is 1.40 bits per heavy atom. The zero-order valence-electron chi connectivity index (χ0n) is 31.1. The fraction of sp³-hybridized carbons (Fsp3) is 0.500. The van der Waals surface area contributed by atoms with Crippen molar-refractivity contribution in [1.29, 1.82) is 0 Å². The average Bonchev–Trinajstić information content (AvgIpc) is 3.68. The highest BCUT2D eigenvalue weighted by molar-refractivity contribution is 6.74. The molecule has 0 bridgehead atoms. The quantitative estimate of drug-likeness (QED) is 0.148. The van der Waals surface area contributed by atoms with E-state index in [1.165, 1.54) is 12.1 Å². The molecule has 2 aliphatic heterocycles. The molecule has 0 spiro atoms. The largest absolute Gasteiger partial charge is 0.493 e. The molecule has 2 aliphatic rings. The Hall–Kier alpha value is -3.41. The number of rotatable bonds is 12. The van der Waals surface area contributed by atoms with Gasteiger partial charge in [0.05, 0.1) is 53.9 Å². The van der Waals surface area contributed by atoms with Crippen LogP contribution in [0, 0.1) is 23.6 Å². The predicted molar refractivity (Wildman–Crippen MR) is 196 cm³/mol. The van der Waals surface area contributed by atoms with Crippen molar-refractivity contribution in [1.82, 2.24) is 0 Å². The van der Waals surface area contributed by atoms with E-state index in [0.717, 1.165) is 28.0 Å². The minimum absolute atomic E-state index is 0.0129. The molecule has 8 nitrogen and oxygen atoms in total. The van der Waals surface area contributed by atoms with E-state index in [0.29, 0.717) is 43.5 Å². The monoisotopic (exact) mass is 710 g/mol. The molecule has 5 atom stereocenters. The van der Waals surface area contributed by atoms with Gasteiger partial charge >= 0.3 is 0 Å². The lowest BCUT2D eigenvalue weighted by molar-refractivity contribution is 0.0717. The number of halogens is 1. The fourth-order valence-corrected chi connectivity index (χ4v) is 7.26. The van der Waals surface area contributed by atoms with Gasteiger partial charge in [-0.2, -0.15) is 0 Å². The maximum atomic E-state index is 13.4. The van der Waals surface area contributed by atoms with E-state index in [1.54, 1.807) is 34.5 Å². The highest BCUT2D eigenvalue weighted by atomic mass is 28.4. The molecule has 0 unspecified atom stereocenters. The van der Waals surface area contributed by atoms with Crippen molar-refractivity contribution in [2.75, 3.05) is 54.9 Å².